The largest absolute Gasteiger partial charge is 0.340 e. The fourth-order valence-electron chi connectivity index (χ4n) is 2.64. The fourth-order valence-corrected chi connectivity index (χ4v) is 2.64. The predicted molar refractivity (Wildman–Crippen MR) is 74.6 cm³/mol. The van der Waals surface area contributed by atoms with Gasteiger partial charge in [0, 0.05) is 19.0 Å². The summed E-state index contributed by atoms with van der Waals surface area (Å²) in [4.78, 5) is 14.1. The number of nitrogens with zero attached hydrogens (tertiary/aromatic N) is 1. The van der Waals surface area contributed by atoms with Crippen LogP contribution in [0.25, 0.3) is 0 Å². The molecule has 2 nitrogen and oxygen atoms in total. The first kappa shape index (κ1) is 13.1. The molecule has 1 heterocycles. The van der Waals surface area contributed by atoms with Crippen molar-refractivity contribution in [3.8, 4) is 0 Å². The van der Waals surface area contributed by atoms with Crippen molar-refractivity contribution < 1.29 is 4.79 Å². The number of hydrogen-bond donors (Lipinski definition) is 0. The van der Waals surface area contributed by atoms with Crippen molar-refractivity contribution >= 4 is 5.91 Å². The van der Waals surface area contributed by atoms with Crippen molar-refractivity contribution in [2.75, 3.05) is 6.54 Å². The van der Waals surface area contributed by atoms with Crippen molar-refractivity contribution in [1.82, 2.24) is 4.90 Å². The number of benzene rings is 1. The van der Waals surface area contributed by atoms with E-state index in [2.05, 4.69) is 38.1 Å². The molecule has 1 aromatic carbocycles. The first-order valence-corrected chi connectivity index (χ1v) is 7.08. The van der Waals surface area contributed by atoms with E-state index in [0.29, 0.717) is 18.4 Å². The second-order valence-corrected chi connectivity index (χ2v) is 5.25. The zero-order chi connectivity index (χ0) is 13.0. The average Bonchev–Trinajstić information content (AvgIpc) is 2.83. The lowest BCUT2D eigenvalue weighted by Gasteiger charge is -2.21. The summed E-state index contributed by atoms with van der Waals surface area (Å²) >= 11 is 0. The van der Waals surface area contributed by atoms with Gasteiger partial charge in [-0.25, -0.2) is 0 Å². The standard InChI is InChI=1S/C16H23NO/c1-3-14-6-8-15(9-7-14)10-11-16(18)17-12-4-5-13(17)2/h6-9,13H,3-5,10-12H2,1-2H3. The number of likely N-dealkylation sites (tertiary alicyclic amines) is 1. The number of hydrogen-bond acceptors (Lipinski definition) is 1. The van der Waals surface area contributed by atoms with Crippen LogP contribution in [0.5, 0.6) is 0 Å². The maximum absolute atomic E-state index is 12.1. The molecule has 1 aliphatic rings. The van der Waals surface area contributed by atoms with Crippen LogP contribution in [-0.4, -0.2) is 23.4 Å². The van der Waals surface area contributed by atoms with E-state index in [1.807, 2.05) is 4.90 Å². The first-order valence-electron chi connectivity index (χ1n) is 7.08. The van der Waals surface area contributed by atoms with Gasteiger partial charge in [0.05, 0.1) is 0 Å². The normalized spacial score (nSPS) is 19.2. The van der Waals surface area contributed by atoms with E-state index in [4.69, 9.17) is 0 Å². The summed E-state index contributed by atoms with van der Waals surface area (Å²) in [7, 11) is 0. The van der Waals surface area contributed by atoms with Crippen molar-refractivity contribution in [2.24, 2.45) is 0 Å². The predicted octanol–water partition coefficient (Wildman–Crippen LogP) is 3.19. The molecule has 1 saturated heterocycles. The zero-order valence-electron chi connectivity index (χ0n) is 11.5. The molecule has 2 heteroatoms. The Morgan fingerprint density at radius 3 is 2.50 bits per heavy atom. The summed E-state index contributed by atoms with van der Waals surface area (Å²) in [6, 6.07) is 9.08. The molecule has 1 fully saturated rings. The van der Waals surface area contributed by atoms with Crippen LogP contribution in [0, 0.1) is 0 Å². The van der Waals surface area contributed by atoms with E-state index in [-0.39, 0.29) is 0 Å². The Balaban J connectivity index is 1.85. The molecule has 98 valence electrons. The van der Waals surface area contributed by atoms with Crippen molar-refractivity contribution in [1.29, 1.82) is 0 Å². The van der Waals surface area contributed by atoms with Gasteiger partial charge in [-0.3, -0.25) is 4.79 Å². The van der Waals surface area contributed by atoms with Crippen LogP contribution in [0.15, 0.2) is 24.3 Å². The van der Waals surface area contributed by atoms with Crippen LogP contribution in [0.1, 0.15) is 44.2 Å². The quantitative estimate of drug-likeness (QED) is 0.797. The van der Waals surface area contributed by atoms with Crippen LogP contribution in [0.4, 0.5) is 0 Å². The first-order chi connectivity index (χ1) is 8.70. The molecule has 1 unspecified atom stereocenters. The Morgan fingerprint density at radius 2 is 1.94 bits per heavy atom. The Labute approximate surface area is 110 Å². The molecule has 1 aliphatic heterocycles. The van der Waals surface area contributed by atoms with Gasteiger partial charge >= 0.3 is 0 Å². The third-order valence-electron chi connectivity index (χ3n) is 3.93. The van der Waals surface area contributed by atoms with Crippen LogP contribution in [0.3, 0.4) is 0 Å². The summed E-state index contributed by atoms with van der Waals surface area (Å²) in [6.07, 6.45) is 4.92. The topological polar surface area (TPSA) is 20.3 Å². The van der Waals surface area contributed by atoms with E-state index >= 15 is 0 Å². The number of rotatable bonds is 4. The van der Waals surface area contributed by atoms with E-state index < -0.39 is 0 Å². The minimum absolute atomic E-state index is 0.319. The average molecular weight is 245 g/mol. The highest BCUT2D eigenvalue weighted by molar-refractivity contribution is 5.77. The molecular weight excluding hydrogens is 222 g/mol. The minimum atomic E-state index is 0.319. The van der Waals surface area contributed by atoms with E-state index in [0.717, 1.165) is 32.2 Å². The van der Waals surface area contributed by atoms with Crippen LogP contribution in [0.2, 0.25) is 0 Å². The number of amides is 1. The number of aryl methyl sites for hydroxylation is 2. The molecule has 0 bridgehead atoms. The van der Waals surface area contributed by atoms with Crippen molar-refractivity contribution in [3.63, 3.8) is 0 Å². The molecule has 0 radical (unpaired) electrons. The van der Waals surface area contributed by atoms with Crippen LogP contribution in [-0.2, 0) is 17.6 Å². The summed E-state index contributed by atoms with van der Waals surface area (Å²) in [5, 5.41) is 0. The molecule has 18 heavy (non-hydrogen) atoms. The van der Waals surface area contributed by atoms with Crippen molar-refractivity contribution in [2.45, 2.75) is 52.0 Å². The highest BCUT2D eigenvalue weighted by atomic mass is 16.2. The Kier molecular flexibility index (Phi) is 4.40. The van der Waals surface area contributed by atoms with Gasteiger partial charge in [-0.2, -0.15) is 0 Å². The van der Waals surface area contributed by atoms with Gasteiger partial charge in [-0.1, -0.05) is 31.2 Å². The summed E-state index contributed by atoms with van der Waals surface area (Å²) in [6.45, 7) is 5.27. The smallest absolute Gasteiger partial charge is 0.223 e. The zero-order valence-corrected chi connectivity index (χ0v) is 11.5. The monoisotopic (exact) mass is 245 g/mol. The SMILES string of the molecule is CCc1ccc(CCC(=O)N2CCCC2C)cc1. The van der Waals surface area contributed by atoms with Gasteiger partial charge in [-0.15, -0.1) is 0 Å². The third kappa shape index (κ3) is 3.12. The van der Waals surface area contributed by atoms with Gasteiger partial charge in [0.1, 0.15) is 0 Å². The Hall–Kier alpha value is -1.31. The lowest BCUT2D eigenvalue weighted by molar-refractivity contribution is -0.131. The summed E-state index contributed by atoms with van der Waals surface area (Å²) in [5.74, 6) is 0.319. The number of carbonyl (C=O) groups excluding carboxylic acids is 1. The molecule has 0 N–H and O–H groups in total. The van der Waals surface area contributed by atoms with Gasteiger partial charge in [0.25, 0.3) is 0 Å². The molecule has 2 rings (SSSR count). The van der Waals surface area contributed by atoms with Gasteiger partial charge in [-0.05, 0) is 43.7 Å². The van der Waals surface area contributed by atoms with Crippen LogP contribution < -0.4 is 0 Å². The summed E-state index contributed by atoms with van der Waals surface area (Å²) < 4.78 is 0. The molecular formula is C16H23NO. The second-order valence-electron chi connectivity index (χ2n) is 5.25. The van der Waals surface area contributed by atoms with Gasteiger partial charge in [0.15, 0.2) is 0 Å². The molecule has 1 atom stereocenters. The lowest BCUT2D eigenvalue weighted by atomic mass is 10.1. The fraction of sp³-hybridized carbons (Fsp3) is 0.562. The van der Waals surface area contributed by atoms with Crippen LogP contribution >= 0.6 is 0 Å². The van der Waals surface area contributed by atoms with Crippen molar-refractivity contribution in [3.05, 3.63) is 35.4 Å². The molecule has 0 saturated carbocycles. The van der Waals surface area contributed by atoms with Gasteiger partial charge in [0.2, 0.25) is 5.91 Å². The highest BCUT2D eigenvalue weighted by Crippen LogP contribution is 2.18. The molecule has 0 spiro atoms. The Morgan fingerprint density at radius 1 is 1.28 bits per heavy atom. The molecule has 1 aromatic rings. The maximum atomic E-state index is 12.1. The lowest BCUT2D eigenvalue weighted by Crippen LogP contribution is -2.33. The van der Waals surface area contributed by atoms with E-state index in [1.165, 1.54) is 11.1 Å². The van der Waals surface area contributed by atoms with E-state index in [1.54, 1.807) is 0 Å². The van der Waals surface area contributed by atoms with E-state index in [9.17, 15) is 4.79 Å². The molecule has 1 amide bonds. The third-order valence-corrected chi connectivity index (χ3v) is 3.93. The minimum Gasteiger partial charge on any atom is -0.340 e. The highest BCUT2D eigenvalue weighted by Gasteiger charge is 2.24. The molecule has 0 aromatic heterocycles. The second kappa shape index (κ2) is 6.03. The number of carbonyl (C=O) groups is 1. The van der Waals surface area contributed by atoms with Gasteiger partial charge < -0.3 is 4.90 Å². The summed E-state index contributed by atoms with van der Waals surface area (Å²) in [5.41, 5.74) is 2.63. The molecule has 0 aliphatic carbocycles. The Bertz CT molecular complexity index is 396. The maximum Gasteiger partial charge on any atom is 0.223 e.